The van der Waals surface area contributed by atoms with Crippen molar-refractivity contribution in [3.05, 3.63) is 59.7 Å². The van der Waals surface area contributed by atoms with Gasteiger partial charge in [0.15, 0.2) is 0 Å². The SMILES string of the molecule is O=C(NC1(C(=O)N[C@H]2CC[C@@H](C(=O)O)C2)CCCCC1)OCC1c2ccccc2-c2ccccc21. The van der Waals surface area contributed by atoms with Crippen LogP contribution in [0.2, 0.25) is 0 Å². The highest BCUT2D eigenvalue weighted by Gasteiger charge is 2.43. The molecule has 7 nitrogen and oxygen atoms in total. The summed E-state index contributed by atoms with van der Waals surface area (Å²) in [6.45, 7) is 0.195. The lowest BCUT2D eigenvalue weighted by Gasteiger charge is -2.37. The standard InChI is InChI=1S/C28H32N2O5/c31-25(32)18-12-13-19(16-18)29-26(33)28(14-6-1-7-15-28)30-27(34)35-17-24-22-10-4-2-8-20(22)21-9-3-5-11-23(21)24/h2-5,8-11,18-19,24H,1,6-7,12-17H2,(H,29,33)(H,30,34)(H,31,32)/t18-,19+/m1/s1. The van der Waals surface area contributed by atoms with Crippen LogP contribution < -0.4 is 10.6 Å². The van der Waals surface area contributed by atoms with E-state index in [0.29, 0.717) is 32.1 Å². The predicted molar refractivity (Wildman–Crippen MR) is 131 cm³/mol. The number of alkyl carbamates (subject to hydrolysis) is 1. The van der Waals surface area contributed by atoms with Gasteiger partial charge in [0.2, 0.25) is 5.91 Å². The molecule has 3 aliphatic carbocycles. The van der Waals surface area contributed by atoms with E-state index in [0.717, 1.165) is 41.5 Å². The van der Waals surface area contributed by atoms with Crippen molar-refractivity contribution in [1.29, 1.82) is 0 Å². The fourth-order valence-corrected chi connectivity index (χ4v) is 6.05. The Morgan fingerprint density at radius 3 is 2.14 bits per heavy atom. The fraction of sp³-hybridized carbons (Fsp3) is 0.464. The van der Waals surface area contributed by atoms with Crippen molar-refractivity contribution in [3.63, 3.8) is 0 Å². The first kappa shape index (κ1) is 23.4. The van der Waals surface area contributed by atoms with Gasteiger partial charge < -0.3 is 20.5 Å². The molecule has 2 atom stereocenters. The van der Waals surface area contributed by atoms with E-state index in [1.165, 1.54) is 0 Å². The van der Waals surface area contributed by atoms with Gasteiger partial charge in [-0.2, -0.15) is 0 Å². The van der Waals surface area contributed by atoms with Crippen LogP contribution in [0.25, 0.3) is 11.1 Å². The number of aliphatic carboxylic acids is 1. The van der Waals surface area contributed by atoms with E-state index in [9.17, 15) is 19.5 Å². The highest BCUT2D eigenvalue weighted by molar-refractivity contribution is 5.90. The fourth-order valence-electron chi connectivity index (χ4n) is 6.05. The summed E-state index contributed by atoms with van der Waals surface area (Å²) in [5.41, 5.74) is 3.59. The second-order valence-electron chi connectivity index (χ2n) is 10.1. The maximum atomic E-state index is 13.3. The molecule has 0 unspecified atom stereocenters. The molecule has 0 spiro atoms. The van der Waals surface area contributed by atoms with Crippen molar-refractivity contribution in [2.45, 2.75) is 68.9 Å². The van der Waals surface area contributed by atoms with E-state index < -0.39 is 23.5 Å². The molecule has 5 rings (SSSR count). The van der Waals surface area contributed by atoms with Gasteiger partial charge in [-0.1, -0.05) is 67.8 Å². The summed E-state index contributed by atoms with van der Waals surface area (Å²) in [6, 6.07) is 16.2. The van der Waals surface area contributed by atoms with E-state index in [1.807, 2.05) is 24.3 Å². The first-order valence-electron chi connectivity index (χ1n) is 12.6. The van der Waals surface area contributed by atoms with Crippen LogP contribution in [-0.2, 0) is 14.3 Å². The topological polar surface area (TPSA) is 105 Å². The van der Waals surface area contributed by atoms with Crippen LogP contribution >= 0.6 is 0 Å². The third-order valence-electron chi connectivity index (χ3n) is 7.94. The van der Waals surface area contributed by atoms with E-state index >= 15 is 0 Å². The van der Waals surface area contributed by atoms with Crippen molar-refractivity contribution in [2.75, 3.05) is 6.61 Å². The lowest BCUT2D eigenvalue weighted by Crippen LogP contribution is -2.61. The van der Waals surface area contributed by atoms with Crippen LogP contribution in [0.5, 0.6) is 0 Å². The molecule has 0 radical (unpaired) electrons. The van der Waals surface area contributed by atoms with Gasteiger partial charge in [-0.3, -0.25) is 9.59 Å². The van der Waals surface area contributed by atoms with Gasteiger partial charge in [-0.25, -0.2) is 4.79 Å². The number of fused-ring (bicyclic) bond motifs is 3. The van der Waals surface area contributed by atoms with Crippen molar-refractivity contribution in [2.24, 2.45) is 5.92 Å². The molecule has 0 saturated heterocycles. The third kappa shape index (κ3) is 4.64. The van der Waals surface area contributed by atoms with Crippen molar-refractivity contribution in [1.82, 2.24) is 10.6 Å². The number of carboxylic acids is 1. The number of carboxylic acid groups (broad SMARTS) is 1. The summed E-state index contributed by atoms with van der Waals surface area (Å²) < 4.78 is 5.73. The van der Waals surface area contributed by atoms with Gasteiger partial charge in [0.1, 0.15) is 12.1 Å². The van der Waals surface area contributed by atoms with Gasteiger partial charge in [-0.05, 0) is 54.4 Å². The molecule has 2 amide bonds. The summed E-state index contributed by atoms with van der Waals surface area (Å²) in [7, 11) is 0. The molecule has 2 saturated carbocycles. The summed E-state index contributed by atoms with van der Waals surface area (Å²) in [5, 5.41) is 15.2. The quantitative estimate of drug-likeness (QED) is 0.565. The highest BCUT2D eigenvalue weighted by atomic mass is 16.5. The minimum absolute atomic E-state index is 0.0456. The summed E-state index contributed by atoms with van der Waals surface area (Å²) in [5.74, 6) is -1.50. The summed E-state index contributed by atoms with van der Waals surface area (Å²) in [6.07, 6.45) is 4.87. The van der Waals surface area contributed by atoms with Crippen molar-refractivity contribution < 1.29 is 24.2 Å². The van der Waals surface area contributed by atoms with Gasteiger partial charge in [-0.15, -0.1) is 0 Å². The minimum atomic E-state index is -1.01. The number of carbonyl (C=O) groups excluding carboxylic acids is 2. The average molecular weight is 477 g/mol. The second kappa shape index (κ2) is 9.72. The number of hydrogen-bond donors (Lipinski definition) is 3. The van der Waals surface area contributed by atoms with Crippen molar-refractivity contribution >= 4 is 18.0 Å². The zero-order valence-electron chi connectivity index (χ0n) is 19.8. The van der Waals surface area contributed by atoms with Gasteiger partial charge in [0, 0.05) is 12.0 Å². The first-order valence-corrected chi connectivity index (χ1v) is 12.6. The summed E-state index contributed by atoms with van der Waals surface area (Å²) in [4.78, 5) is 37.6. The molecular weight excluding hydrogens is 444 g/mol. The number of carbonyl (C=O) groups is 3. The van der Waals surface area contributed by atoms with Gasteiger partial charge in [0.05, 0.1) is 5.92 Å². The van der Waals surface area contributed by atoms with Crippen LogP contribution in [0.4, 0.5) is 4.79 Å². The van der Waals surface area contributed by atoms with Crippen LogP contribution in [0.1, 0.15) is 68.4 Å². The van der Waals surface area contributed by atoms with Crippen LogP contribution in [0, 0.1) is 5.92 Å². The molecule has 0 heterocycles. The van der Waals surface area contributed by atoms with E-state index in [4.69, 9.17) is 4.74 Å². The Balaban J connectivity index is 1.25. The Hall–Kier alpha value is -3.35. The molecule has 2 aromatic carbocycles. The number of benzene rings is 2. The Labute approximate surface area is 205 Å². The Kier molecular flexibility index (Phi) is 6.50. The summed E-state index contributed by atoms with van der Waals surface area (Å²) >= 11 is 0. The third-order valence-corrected chi connectivity index (χ3v) is 7.94. The maximum Gasteiger partial charge on any atom is 0.408 e. The number of hydrogen-bond acceptors (Lipinski definition) is 4. The molecule has 184 valence electrons. The molecule has 0 aliphatic heterocycles. The largest absolute Gasteiger partial charge is 0.481 e. The predicted octanol–water partition coefficient (Wildman–Crippen LogP) is 4.60. The van der Waals surface area contributed by atoms with E-state index in [2.05, 4.69) is 34.9 Å². The zero-order chi connectivity index (χ0) is 24.4. The van der Waals surface area contributed by atoms with Crippen LogP contribution in [0.3, 0.4) is 0 Å². The van der Waals surface area contributed by atoms with Crippen LogP contribution in [-0.4, -0.2) is 41.3 Å². The average Bonchev–Trinajstić information content (AvgIpc) is 3.46. The molecule has 2 fully saturated rings. The molecule has 3 aliphatic rings. The van der Waals surface area contributed by atoms with Gasteiger partial charge in [0.25, 0.3) is 0 Å². The monoisotopic (exact) mass is 476 g/mol. The number of nitrogens with one attached hydrogen (secondary N) is 2. The molecule has 3 N–H and O–H groups in total. The zero-order valence-corrected chi connectivity index (χ0v) is 19.8. The second-order valence-corrected chi connectivity index (χ2v) is 10.1. The molecule has 0 bridgehead atoms. The molecule has 7 heteroatoms. The molecule has 35 heavy (non-hydrogen) atoms. The molecule has 0 aromatic heterocycles. The first-order chi connectivity index (χ1) is 17.0. The Bertz CT molecular complexity index is 1080. The molecular formula is C28H32N2O5. The number of ether oxygens (including phenoxy) is 1. The Morgan fingerprint density at radius 2 is 1.54 bits per heavy atom. The number of amides is 2. The molecule has 2 aromatic rings. The number of rotatable bonds is 6. The van der Waals surface area contributed by atoms with Gasteiger partial charge >= 0.3 is 12.1 Å². The van der Waals surface area contributed by atoms with Crippen LogP contribution in [0.15, 0.2) is 48.5 Å². The highest BCUT2D eigenvalue weighted by Crippen LogP contribution is 2.44. The lowest BCUT2D eigenvalue weighted by atomic mass is 9.80. The maximum absolute atomic E-state index is 13.3. The van der Waals surface area contributed by atoms with E-state index in [1.54, 1.807) is 0 Å². The van der Waals surface area contributed by atoms with Crippen molar-refractivity contribution in [3.8, 4) is 11.1 Å². The smallest absolute Gasteiger partial charge is 0.408 e. The van der Waals surface area contributed by atoms with E-state index in [-0.39, 0.29) is 24.5 Å². The Morgan fingerprint density at radius 1 is 0.914 bits per heavy atom. The normalized spacial score (nSPS) is 22.6. The lowest BCUT2D eigenvalue weighted by molar-refractivity contribution is -0.141. The minimum Gasteiger partial charge on any atom is -0.481 e.